The normalized spacial score (nSPS) is 12.5. The van der Waals surface area contributed by atoms with Gasteiger partial charge in [0.25, 0.3) is 0 Å². The van der Waals surface area contributed by atoms with E-state index in [4.69, 9.17) is 11.6 Å². The Labute approximate surface area is 142 Å². The molecule has 1 N–H and O–H groups in total. The van der Waals surface area contributed by atoms with Gasteiger partial charge in [0.15, 0.2) is 0 Å². The van der Waals surface area contributed by atoms with Gasteiger partial charge >= 0.3 is 0 Å². The van der Waals surface area contributed by atoms with Crippen molar-refractivity contribution < 1.29 is 0 Å². The van der Waals surface area contributed by atoms with Crippen molar-refractivity contribution in [3.63, 3.8) is 0 Å². The molecule has 1 heterocycles. The van der Waals surface area contributed by atoms with Gasteiger partial charge < -0.3 is 5.32 Å². The number of aromatic nitrogens is 1. The lowest BCUT2D eigenvalue weighted by Gasteiger charge is -2.18. The van der Waals surface area contributed by atoms with E-state index in [0.29, 0.717) is 0 Å². The van der Waals surface area contributed by atoms with Crippen LogP contribution in [0.25, 0.3) is 10.9 Å². The van der Waals surface area contributed by atoms with Gasteiger partial charge in [0, 0.05) is 15.2 Å². The van der Waals surface area contributed by atoms with Crippen LogP contribution in [0.15, 0.2) is 54.7 Å². The third-order valence-corrected chi connectivity index (χ3v) is 5.08. The molecule has 0 aliphatic carbocycles. The van der Waals surface area contributed by atoms with Crippen molar-refractivity contribution in [2.24, 2.45) is 0 Å². The summed E-state index contributed by atoms with van der Waals surface area (Å²) < 4.78 is 1.06. The first-order valence-corrected chi connectivity index (χ1v) is 8.11. The zero-order valence-electron chi connectivity index (χ0n) is 11.5. The first-order valence-electron chi connectivity index (χ1n) is 6.66. The number of para-hydroxylation sites is 1. The molecule has 4 heteroatoms. The van der Waals surface area contributed by atoms with Gasteiger partial charge in [-0.2, -0.15) is 0 Å². The highest BCUT2D eigenvalue weighted by molar-refractivity contribution is 14.1. The molecule has 2 aromatic carbocycles. The maximum Gasteiger partial charge on any atom is 0.0702 e. The topological polar surface area (TPSA) is 24.9 Å². The molecule has 0 amide bonds. The Bertz CT molecular complexity index is 789. The van der Waals surface area contributed by atoms with Crippen molar-refractivity contribution in [2.75, 3.05) is 7.05 Å². The average molecular weight is 409 g/mol. The molecule has 0 bridgehead atoms. The highest BCUT2D eigenvalue weighted by atomic mass is 127. The van der Waals surface area contributed by atoms with Crippen molar-refractivity contribution in [1.82, 2.24) is 10.3 Å². The van der Waals surface area contributed by atoms with E-state index in [1.807, 2.05) is 43.6 Å². The molecular formula is C17H14ClIN2. The van der Waals surface area contributed by atoms with Gasteiger partial charge in [-0.05, 0) is 65.0 Å². The monoisotopic (exact) mass is 408 g/mol. The Kier molecular flexibility index (Phi) is 4.42. The first kappa shape index (κ1) is 14.8. The third-order valence-electron chi connectivity index (χ3n) is 3.51. The highest BCUT2D eigenvalue weighted by Crippen LogP contribution is 2.28. The molecule has 0 aliphatic heterocycles. The number of rotatable bonds is 3. The van der Waals surface area contributed by atoms with Gasteiger partial charge in [-0.25, -0.2) is 0 Å². The second kappa shape index (κ2) is 6.30. The summed E-state index contributed by atoms with van der Waals surface area (Å²) in [5.41, 5.74) is 3.28. The summed E-state index contributed by atoms with van der Waals surface area (Å²) in [4.78, 5) is 4.54. The van der Waals surface area contributed by atoms with Gasteiger partial charge in [0.05, 0.1) is 16.6 Å². The minimum absolute atomic E-state index is 0.0802. The smallest absolute Gasteiger partial charge is 0.0702 e. The Morgan fingerprint density at radius 3 is 2.67 bits per heavy atom. The van der Waals surface area contributed by atoms with Gasteiger partial charge in [-0.1, -0.05) is 35.9 Å². The van der Waals surface area contributed by atoms with Crippen LogP contribution >= 0.6 is 34.2 Å². The van der Waals surface area contributed by atoms with E-state index in [2.05, 4.69) is 51.1 Å². The summed E-state index contributed by atoms with van der Waals surface area (Å²) >= 11 is 8.48. The van der Waals surface area contributed by atoms with Crippen LogP contribution in [0.5, 0.6) is 0 Å². The Morgan fingerprint density at radius 2 is 1.90 bits per heavy atom. The molecule has 0 saturated heterocycles. The van der Waals surface area contributed by atoms with E-state index in [1.54, 1.807) is 0 Å². The van der Waals surface area contributed by atoms with Gasteiger partial charge in [0.2, 0.25) is 0 Å². The molecule has 1 unspecified atom stereocenters. The lowest BCUT2D eigenvalue weighted by molar-refractivity contribution is 0.690. The van der Waals surface area contributed by atoms with Crippen LogP contribution in [0, 0.1) is 3.57 Å². The van der Waals surface area contributed by atoms with Crippen molar-refractivity contribution in [3.05, 3.63) is 74.4 Å². The zero-order valence-corrected chi connectivity index (χ0v) is 14.4. The van der Waals surface area contributed by atoms with Crippen LogP contribution in [0.4, 0.5) is 0 Å². The number of fused-ring (bicyclic) bond motifs is 1. The van der Waals surface area contributed by atoms with Gasteiger partial charge in [-0.15, -0.1) is 0 Å². The van der Waals surface area contributed by atoms with Crippen molar-refractivity contribution >= 4 is 45.1 Å². The number of pyridine rings is 1. The molecule has 1 atom stereocenters. The summed E-state index contributed by atoms with van der Waals surface area (Å²) in [7, 11) is 1.95. The predicted molar refractivity (Wildman–Crippen MR) is 96.8 cm³/mol. The Morgan fingerprint density at radius 1 is 1.10 bits per heavy atom. The molecule has 0 radical (unpaired) electrons. The fourth-order valence-electron chi connectivity index (χ4n) is 2.46. The lowest BCUT2D eigenvalue weighted by Crippen LogP contribution is -2.18. The maximum absolute atomic E-state index is 6.25. The van der Waals surface area contributed by atoms with Crippen LogP contribution in [-0.2, 0) is 0 Å². The molecular weight excluding hydrogens is 395 g/mol. The average Bonchev–Trinajstić information content (AvgIpc) is 2.51. The summed E-state index contributed by atoms with van der Waals surface area (Å²) in [5, 5.41) is 5.27. The summed E-state index contributed by atoms with van der Waals surface area (Å²) in [6, 6.07) is 16.6. The summed E-state index contributed by atoms with van der Waals surface area (Å²) in [6.07, 6.45) is 1.93. The van der Waals surface area contributed by atoms with E-state index < -0.39 is 0 Å². The number of benzene rings is 2. The molecule has 0 spiro atoms. The molecule has 106 valence electrons. The number of nitrogens with zero attached hydrogens (tertiary/aromatic N) is 1. The van der Waals surface area contributed by atoms with Crippen LogP contribution < -0.4 is 5.32 Å². The lowest BCUT2D eigenvalue weighted by atomic mass is 9.99. The fraction of sp³-hybridized carbons (Fsp3) is 0.118. The van der Waals surface area contributed by atoms with E-state index in [-0.39, 0.29) is 6.04 Å². The number of hydrogen-bond donors (Lipinski definition) is 1. The Balaban J connectivity index is 2.06. The van der Waals surface area contributed by atoms with Crippen LogP contribution in [-0.4, -0.2) is 12.0 Å². The van der Waals surface area contributed by atoms with Gasteiger partial charge in [-0.3, -0.25) is 4.98 Å². The maximum atomic E-state index is 6.25. The van der Waals surface area contributed by atoms with E-state index in [1.165, 1.54) is 0 Å². The van der Waals surface area contributed by atoms with Crippen molar-refractivity contribution in [3.8, 4) is 0 Å². The minimum atomic E-state index is 0.0802. The number of hydrogen-bond acceptors (Lipinski definition) is 2. The molecule has 21 heavy (non-hydrogen) atoms. The Hall–Kier alpha value is -1.17. The predicted octanol–water partition coefficient (Wildman–Crippen LogP) is 4.80. The van der Waals surface area contributed by atoms with Crippen molar-refractivity contribution in [1.29, 1.82) is 0 Å². The summed E-state index contributed by atoms with van der Waals surface area (Å²) in [5.74, 6) is 0. The molecule has 3 aromatic rings. The second-order valence-corrected chi connectivity index (χ2v) is 6.43. The standard InChI is InChI=1S/C17H14ClIN2/c1-20-17(12-6-7-15(19)14(18)9-12)13-8-11-4-2-3-5-16(11)21-10-13/h2-10,17,20H,1H3. The number of nitrogens with one attached hydrogen (secondary N) is 1. The molecule has 3 rings (SSSR count). The van der Waals surface area contributed by atoms with Crippen LogP contribution in [0.1, 0.15) is 17.2 Å². The quantitative estimate of drug-likeness (QED) is 0.630. The molecule has 2 nitrogen and oxygen atoms in total. The SMILES string of the molecule is CNC(c1ccc(I)c(Cl)c1)c1cnc2ccccc2c1. The molecule has 0 aliphatic rings. The molecule has 0 saturated carbocycles. The van der Waals surface area contributed by atoms with E-state index in [0.717, 1.165) is 30.6 Å². The van der Waals surface area contributed by atoms with E-state index in [9.17, 15) is 0 Å². The third kappa shape index (κ3) is 3.05. The zero-order chi connectivity index (χ0) is 14.8. The van der Waals surface area contributed by atoms with Crippen molar-refractivity contribution in [2.45, 2.75) is 6.04 Å². The highest BCUT2D eigenvalue weighted by Gasteiger charge is 2.14. The largest absolute Gasteiger partial charge is 0.309 e. The van der Waals surface area contributed by atoms with E-state index >= 15 is 0 Å². The van der Waals surface area contributed by atoms with Crippen LogP contribution in [0.3, 0.4) is 0 Å². The first-order chi connectivity index (χ1) is 10.2. The number of halogens is 2. The summed E-state index contributed by atoms with van der Waals surface area (Å²) in [6.45, 7) is 0. The molecule has 1 aromatic heterocycles. The van der Waals surface area contributed by atoms with Gasteiger partial charge in [0.1, 0.15) is 0 Å². The van der Waals surface area contributed by atoms with Crippen LogP contribution in [0.2, 0.25) is 5.02 Å². The molecule has 0 fully saturated rings. The minimum Gasteiger partial charge on any atom is -0.309 e. The second-order valence-electron chi connectivity index (χ2n) is 4.86. The fourth-order valence-corrected chi connectivity index (χ4v) is 2.99.